The van der Waals surface area contributed by atoms with Gasteiger partial charge < -0.3 is 10.6 Å². The fourth-order valence-electron chi connectivity index (χ4n) is 2.35. The van der Waals surface area contributed by atoms with Crippen LogP contribution in [0.5, 0.6) is 0 Å². The smallest absolute Gasteiger partial charge is 0.0440 e. The molecule has 1 aliphatic rings. The highest BCUT2D eigenvalue weighted by Crippen LogP contribution is 2.28. The molecule has 0 bridgehead atoms. The van der Waals surface area contributed by atoms with Crippen molar-refractivity contribution in [3.05, 3.63) is 51.7 Å². The Morgan fingerprint density at radius 2 is 2.24 bits per heavy atom. The van der Waals surface area contributed by atoms with Gasteiger partial charge in [0.15, 0.2) is 0 Å². The molecule has 0 saturated carbocycles. The molecule has 0 unspecified atom stereocenters. The van der Waals surface area contributed by atoms with E-state index in [2.05, 4.69) is 40.6 Å². The molecule has 1 aromatic heterocycles. The van der Waals surface area contributed by atoms with E-state index >= 15 is 0 Å². The van der Waals surface area contributed by atoms with Crippen LogP contribution >= 0.6 is 11.3 Å². The minimum absolute atomic E-state index is 0.616. The molecule has 2 nitrogen and oxygen atoms in total. The third-order valence-electron chi connectivity index (χ3n) is 3.32. The van der Waals surface area contributed by atoms with E-state index in [1.54, 1.807) is 4.88 Å². The van der Waals surface area contributed by atoms with Crippen molar-refractivity contribution in [2.45, 2.75) is 19.5 Å². The molecule has 2 aromatic rings. The lowest BCUT2D eigenvalue weighted by Gasteiger charge is -2.29. The Balaban J connectivity index is 1.86. The number of fused-ring (bicyclic) bond motifs is 1. The van der Waals surface area contributed by atoms with E-state index in [1.807, 2.05) is 11.3 Å². The first-order chi connectivity index (χ1) is 8.36. The Morgan fingerprint density at radius 3 is 3.12 bits per heavy atom. The normalized spacial score (nSPS) is 14.8. The first-order valence-corrected chi connectivity index (χ1v) is 6.84. The van der Waals surface area contributed by atoms with Crippen molar-refractivity contribution in [3.8, 4) is 0 Å². The van der Waals surface area contributed by atoms with E-state index in [0.717, 1.165) is 13.1 Å². The van der Waals surface area contributed by atoms with Crippen LogP contribution in [0.3, 0.4) is 0 Å². The highest BCUT2D eigenvalue weighted by Gasteiger charge is 2.17. The van der Waals surface area contributed by atoms with Gasteiger partial charge in [0.2, 0.25) is 0 Å². The van der Waals surface area contributed by atoms with Crippen LogP contribution in [0.15, 0.2) is 35.7 Å². The van der Waals surface area contributed by atoms with Crippen molar-refractivity contribution in [2.75, 3.05) is 11.4 Å². The first-order valence-electron chi connectivity index (χ1n) is 5.96. The Hall–Kier alpha value is -1.32. The Kier molecular flexibility index (Phi) is 2.87. The highest BCUT2D eigenvalue weighted by atomic mass is 32.1. The van der Waals surface area contributed by atoms with E-state index < -0.39 is 0 Å². The minimum Gasteiger partial charge on any atom is -0.367 e. The predicted octanol–water partition coefficient (Wildman–Crippen LogP) is 2.77. The van der Waals surface area contributed by atoms with Gasteiger partial charge in [0.1, 0.15) is 0 Å². The molecule has 0 aliphatic carbocycles. The summed E-state index contributed by atoms with van der Waals surface area (Å²) in [5.74, 6) is 0. The maximum absolute atomic E-state index is 5.69. The molecule has 0 amide bonds. The molecule has 88 valence electrons. The fourth-order valence-corrected chi connectivity index (χ4v) is 3.24. The van der Waals surface area contributed by atoms with Crippen LogP contribution in [0.25, 0.3) is 0 Å². The van der Waals surface area contributed by atoms with Gasteiger partial charge in [-0.25, -0.2) is 0 Å². The van der Waals surface area contributed by atoms with Crippen LogP contribution in [0.4, 0.5) is 5.69 Å². The Bertz CT molecular complexity index is 518. The second-order valence-electron chi connectivity index (χ2n) is 4.41. The van der Waals surface area contributed by atoms with Gasteiger partial charge in [0.05, 0.1) is 0 Å². The molecule has 1 aromatic carbocycles. The predicted molar refractivity (Wildman–Crippen MR) is 73.4 cm³/mol. The molecule has 0 atom stereocenters. The largest absolute Gasteiger partial charge is 0.367 e. The topological polar surface area (TPSA) is 29.3 Å². The van der Waals surface area contributed by atoms with Gasteiger partial charge in [-0.2, -0.15) is 0 Å². The second kappa shape index (κ2) is 4.51. The standard InChI is InChI=1S/C14H16N2S/c15-9-11-2-1-3-13(8-11)16-6-4-14-12(10-16)5-7-17-14/h1-3,5,7-8H,4,6,9-10,15H2. The fraction of sp³-hybridized carbons (Fsp3) is 0.286. The molecule has 3 rings (SSSR count). The number of nitrogens with two attached hydrogens (primary N) is 1. The highest BCUT2D eigenvalue weighted by molar-refractivity contribution is 7.10. The Labute approximate surface area is 106 Å². The lowest BCUT2D eigenvalue weighted by Crippen LogP contribution is -2.29. The zero-order chi connectivity index (χ0) is 11.7. The van der Waals surface area contributed by atoms with Crippen molar-refractivity contribution in [2.24, 2.45) is 5.73 Å². The van der Waals surface area contributed by atoms with Gasteiger partial charge in [0, 0.05) is 30.2 Å². The summed E-state index contributed by atoms with van der Waals surface area (Å²) < 4.78 is 0. The minimum atomic E-state index is 0.616. The lowest BCUT2D eigenvalue weighted by molar-refractivity contribution is 0.743. The summed E-state index contributed by atoms with van der Waals surface area (Å²) in [4.78, 5) is 3.99. The summed E-state index contributed by atoms with van der Waals surface area (Å²) in [5, 5.41) is 2.20. The van der Waals surface area contributed by atoms with Crippen molar-refractivity contribution in [3.63, 3.8) is 0 Å². The number of rotatable bonds is 2. The average molecular weight is 244 g/mol. The van der Waals surface area contributed by atoms with Gasteiger partial charge in [-0.1, -0.05) is 12.1 Å². The molecule has 1 aliphatic heterocycles. The van der Waals surface area contributed by atoms with Crippen LogP contribution in [-0.2, 0) is 19.5 Å². The van der Waals surface area contributed by atoms with E-state index in [9.17, 15) is 0 Å². The molecule has 0 radical (unpaired) electrons. The third-order valence-corrected chi connectivity index (χ3v) is 4.34. The molecule has 17 heavy (non-hydrogen) atoms. The van der Waals surface area contributed by atoms with Crippen LogP contribution < -0.4 is 10.6 Å². The molecule has 3 heteroatoms. The van der Waals surface area contributed by atoms with Crippen LogP contribution in [0, 0.1) is 0 Å². The van der Waals surface area contributed by atoms with E-state index in [1.165, 1.54) is 23.2 Å². The molecular weight excluding hydrogens is 228 g/mol. The van der Waals surface area contributed by atoms with Gasteiger partial charge in [0.25, 0.3) is 0 Å². The molecular formula is C14H16N2S. The number of benzene rings is 1. The SMILES string of the molecule is NCc1cccc(N2CCc3sccc3C2)c1. The number of thiophene rings is 1. The zero-order valence-electron chi connectivity index (χ0n) is 9.73. The van der Waals surface area contributed by atoms with Crippen LogP contribution in [-0.4, -0.2) is 6.54 Å². The summed E-state index contributed by atoms with van der Waals surface area (Å²) in [6.45, 7) is 2.76. The second-order valence-corrected chi connectivity index (χ2v) is 5.42. The molecule has 0 fully saturated rings. The van der Waals surface area contributed by atoms with Crippen LogP contribution in [0.2, 0.25) is 0 Å². The van der Waals surface area contributed by atoms with Crippen molar-refractivity contribution >= 4 is 17.0 Å². The maximum Gasteiger partial charge on any atom is 0.0440 e. The monoisotopic (exact) mass is 244 g/mol. The molecule has 2 heterocycles. The number of nitrogens with zero attached hydrogens (tertiary/aromatic N) is 1. The van der Waals surface area contributed by atoms with E-state index in [0.29, 0.717) is 6.54 Å². The van der Waals surface area contributed by atoms with Crippen molar-refractivity contribution < 1.29 is 0 Å². The summed E-state index contributed by atoms with van der Waals surface area (Å²) >= 11 is 1.88. The van der Waals surface area contributed by atoms with Gasteiger partial charge in [-0.15, -0.1) is 11.3 Å². The van der Waals surface area contributed by atoms with E-state index in [-0.39, 0.29) is 0 Å². The number of anilines is 1. The quantitative estimate of drug-likeness (QED) is 0.880. The van der Waals surface area contributed by atoms with E-state index in [4.69, 9.17) is 5.73 Å². The van der Waals surface area contributed by atoms with Crippen molar-refractivity contribution in [1.82, 2.24) is 0 Å². The van der Waals surface area contributed by atoms with Gasteiger partial charge in [-0.05, 0) is 41.1 Å². The summed E-state index contributed by atoms with van der Waals surface area (Å²) in [7, 11) is 0. The van der Waals surface area contributed by atoms with Gasteiger partial charge >= 0.3 is 0 Å². The van der Waals surface area contributed by atoms with Crippen molar-refractivity contribution in [1.29, 1.82) is 0 Å². The summed E-state index contributed by atoms with van der Waals surface area (Å²) in [6, 6.07) is 10.8. The summed E-state index contributed by atoms with van der Waals surface area (Å²) in [5.41, 5.74) is 9.68. The first kappa shape index (κ1) is 10.8. The number of hydrogen-bond acceptors (Lipinski definition) is 3. The zero-order valence-corrected chi connectivity index (χ0v) is 10.5. The molecule has 0 saturated heterocycles. The maximum atomic E-state index is 5.69. The number of hydrogen-bond donors (Lipinski definition) is 1. The molecule has 2 N–H and O–H groups in total. The lowest BCUT2D eigenvalue weighted by atomic mass is 10.1. The Morgan fingerprint density at radius 1 is 1.29 bits per heavy atom. The van der Waals surface area contributed by atoms with Gasteiger partial charge in [-0.3, -0.25) is 0 Å². The molecule has 0 spiro atoms. The van der Waals surface area contributed by atoms with Crippen LogP contribution in [0.1, 0.15) is 16.0 Å². The third kappa shape index (κ3) is 2.08. The average Bonchev–Trinajstić information content (AvgIpc) is 2.86. The summed E-state index contributed by atoms with van der Waals surface area (Å²) in [6.07, 6.45) is 1.17.